The van der Waals surface area contributed by atoms with E-state index in [1.807, 2.05) is 67.6 Å². The summed E-state index contributed by atoms with van der Waals surface area (Å²) in [5.41, 5.74) is 7.11. The van der Waals surface area contributed by atoms with Crippen LogP contribution in [0.1, 0.15) is 18.1 Å². The number of nitrogens with one attached hydrogen (secondary N) is 2. The van der Waals surface area contributed by atoms with Gasteiger partial charge in [-0.15, -0.1) is 0 Å². The lowest BCUT2D eigenvalue weighted by atomic mass is 10.1. The third-order valence-corrected chi connectivity index (χ3v) is 6.01. The molecular formula is C26H25N3OS. The zero-order valence-corrected chi connectivity index (χ0v) is 18.5. The molecule has 156 valence electrons. The van der Waals surface area contributed by atoms with Crippen LogP contribution in [-0.2, 0) is 11.2 Å². The van der Waals surface area contributed by atoms with Gasteiger partial charge in [0.15, 0.2) is 5.16 Å². The smallest absolute Gasteiger partial charge is 0.234 e. The molecule has 2 N–H and O–H groups in total. The summed E-state index contributed by atoms with van der Waals surface area (Å²) in [4.78, 5) is 20.9. The topological polar surface area (TPSA) is 57.8 Å². The number of carbonyl (C=O) groups is 1. The highest BCUT2D eigenvalue weighted by atomic mass is 32.2. The van der Waals surface area contributed by atoms with E-state index in [2.05, 4.69) is 35.4 Å². The third kappa shape index (κ3) is 4.89. The first kappa shape index (κ1) is 20.9. The van der Waals surface area contributed by atoms with E-state index in [-0.39, 0.29) is 11.7 Å². The van der Waals surface area contributed by atoms with Crippen molar-refractivity contribution < 1.29 is 4.79 Å². The molecule has 0 saturated heterocycles. The first-order valence-corrected chi connectivity index (χ1v) is 11.4. The van der Waals surface area contributed by atoms with Gasteiger partial charge in [-0.2, -0.15) is 0 Å². The van der Waals surface area contributed by atoms with Crippen molar-refractivity contribution in [2.45, 2.75) is 25.4 Å². The number of anilines is 1. The zero-order valence-electron chi connectivity index (χ0n) is 17.7. The van der Waals surface area contributed by atoms with Gasteiger partial charge in [0.25, 0.3) is 0 Å². The van der Waals surface area contributed by atoms with Crippen molar-refractivity contribution in [1.29, 1.82) is 0 Å². The fraction of sp³-hybridized carbons (Fsp3) is 0.154. The molecule has 5 heteroatoms. The van der Waals surface area contributed by atoms with Gasteiger partial charge in [-0.3, -0.25) is 4.79 Å². The minimum absolute atomic E-state index is 0.0343. The predicted molar refractivity (Wildman–Crippen MR) is 129 cm³/mol. The average Bonchev–Trinajstić information content (AvgIpc) is 3.25. The lowest BCUT2D eigenvalue weighted by Gasteiger charge is -2.12. The maximum atomic E-state index is 12.7. The Kier molecular flexibility index (Phi) is 6.53. The highest BCUT2D eigenvalue weighted by molar-refractivity contribution is 7.99. The van der Waals surface area contributed by atoms with Gasteiger partial charge in [0, 0.05) is 16.8 Å². The highest BCUT2D eigenvalue weighted by Crippen LogP contribution is 2.32. The van der Waals surface area contributed by atoms with Crippen LogP contribution < -0.4 is 5.32 Å². The number of aromatic nitrogens is 2. The fourth-order valence-corrected chi connectivity index (χ4v) is 4.22. The third-order valence-electron chi connectivity index (χ3n) is 5.14. The van der Waals surface area contributed by atoms with E-state index in [1.54, 1.807) is 0 Å². The summed E-state index contributed by atoms with van der Waals surface area (Å²) in [6.45, 7) is 4.12. The molecule has 0 fully saturated rings. The van der Waals surface area contributed by atoms with E-state index in [1.165, 1.54) is 11.8 Å². The number of aryl methyl sites for hydroxylation is 2. The minimum Gasteiger partial charge on any atom is -0.332 e. The molecule has 3 aromatic carbocycles. The van der Waals surface area contributed by atoms with E-state index in [0.29, 0.717) is 0 Å². The normalized spacial score (nSPS) is 10.8. The predicted octanol–water partition coefficient (Wildman–Crippen LogP) is 6.35. The Morgan fingerprint density at radius 1 is 0.935 bits per heavy atom. The number of nitrogens with zero attached hydrogens (tertiary/aromatic N) is 1. The molecule has 0 aliphatic heterocycles. The summed E-state index contributed by atoms with van der Waals surface area (Å²) in [5, 5.41) is 3.81. The molecule has 4 rings (SSSR count). The molecule has 4 nitrogen and oxygen atoms in total. The van der Waals surface area contributed by atoms with Gasteiger partial charge >= 0.3 is 0 Å². The van der Waals surface area contributed by atoms with Gasteiger partial charge in [0.05, 0.1) is 17.1 Å². The number of para-hydroxylation sites is 1. The van der Waals surface area contributed by atoms with Crippen molar-refractivity contribution >= 4 is 23.4 Å². The molecular weight excluding hydrogens is 402 g/mol. The van der Waals surface area contributed by atoms with E-state index in [9.17, 15) is 4.79 Å². The van der Waals surface area contributed by atoms with Crippen molar-refractivity contribution in [3.05, 3.63) is 90.0 Å². The number of aromatic amines is 1. The van der Waals surface area contributed by atoms with Crippen molar-refractivity contribution in [2.75, 3.05) is 11.1 Å². The van der Waals surface area contributed by atoms with Crippen LogP contribution in [0.5, 0.6) is 0 Å². The van der Waals surface area contributed by atoms with Crippen LogP contribution in [0.4, 0.5) is 5.69 Å². The highest BCUT2D eigenvalue weighted by Gasteiger charge is 2.16. The average molecular weight is 428 g/mol. The molecule has 31 heavy (non-hydrogen) atoms. The second-order valence-corrected chi connectivity index (χ2v) is 8.26. The monoisotopic (exact) mass is 427 g/mol. The van der Waals surface area contributed by atoms with Crippen molar-refractivity contribution in [3.8, 4) is 22.5 Å². The number of rotatable bonds is 7. The maximum Gasteiger partial charge on any atom is 0.234 e. The molecule has 0 unspecified atom stereocenters. The second-order valence-electron chi connectivity index (χ2n) is 7.30. The van der Waals surface area contributed by atoms with E-state index in [4.69, 9.17) is 4.98 Å². The lowest BCUT2D eigenvalue weighted by Crippen LogP contribution is -2.16. The van der Waals surface area contributed by atoms with Crippen LogP contribution in [0.25, 0.3) is 22.5 Å². The van der Waals surface area contributed by atoms with Gasteiger partial charge in [-0.1, -0.05) is 97.5 Å². The minimum atomic E-state index is -0.0343. The fourth-order valence-electron chi connectivity index (χ4n) is 3.55. The Hall–Kier alpha value is -3.31. The lowest BCUT2D eigenvalue weighted by molar-refractivity contribution is -0.113. The standard InChI is InChI=1S/C26H25N3OS/c1-3-19-16-10-11-18(2)23(19)27-22(30)17-31-26-28-24(20-12-6-4-7-13-20)25(29-26)21-14-8-5-9-15-21/h4-16H,3,17H2,1-2H3,(H,27,30)(H,28,29). The molecule has 0 atom stereocenters. The van der Waals surface area contributed by atoms with Crippen LogP contribution in [0.2, 0.25) is 0 Å². The van der Waals surface area contributed by atoms with Gasteiger partial charge in [0.1, 0.15) is 0 Å². The molecule has 1 amide bonds. The number of imidazole rings is 1. The number of carbonyl (C=O) groups excluding carboxylic acids is 1. The SMILES string of the molecule is CCc1cccc(C)c1NC(=O)CSc1nc(-c2ccccc2)c(-c2ccccc2)[nH]1. The molecule has 0 aliphatic rings. The van der Waals surface area contributed by atoms with Crippen LogP contribution >= 0.6 is 11.8 Å². The molecule has 1 heterocycles. The molecule has 0 bridgehead atoms. The Morgan fingerprint density at radius 2 is 1.61 bits per heavy atom. The molecule has 0 saturated carbocycles. The van der Waals surface area contributed by atoms with Crippen molar-refractivity contribution in [3.63, 3.8) is 0 Å². The Bertz CT molecular complexity index is 1110. The summed E-state index contributed by atoms with van der Waals surface area (Å²) in [6.07, 6.45) is 0.878. The summed E-state index contributed by atoms with van der Waals surface area (Å²) >= 11 is 1.41. The summed E-state index contributed by atoms with van der Waals surface area (Å²) in [6, 6.07) is 26.4. The number of benzene rings is 3. The van der Waals surface area contributed by atoms with Crippen molar-refractivity contribution in [2.24, 2.45) is 0 Å². The van der Waals surface area contributed by atoms with Crippen LogP contribution in [0, 0.1) is 6.92 Å². The molecule has 0 spiro atoms. The van der Waals surface area contributed by atoms with E-state index in [0.717, 1.165) is 50.9 Å². The van der Waals surface area contributed by atoms with Gasteiger partial charge in [-0.05, 0) is 24.5 Å². The number of hydrogen-bond acceptors (Lipinski definition) is 3. The maximum absolute atomic E-state index is 12.7. The van der Waals surface area contributed by atoms with Crippen molar-refractivity contribution in [1.82, 2.24) is 9.97 Å². The quantitative estimate of drug-likeness (QED) is 0.338. The van der Waals surface area contributed by atoms with Crippen LogP contribution in [0.15, 0.2) is 84.0 Å². The number of thioether (sulfide) groups is 1. The van der Waals surface area contributed by atoms with E-state index >= 15 is 0 Å². The molecule has 0 radical (unpaired) electrons. The Labute approximate surface area is 187 Å². The summed E-state index contributed by atoms with van der Waals surface area (Å²) in [7, 11) is 0. The van der Waals surface area contributed by atoms with Gasteiger partial charge < -0.3 is 10.3 Å². The first-order valence-electron chi connectivity index (χ1n) is 10.4. The number of hydrogen-bond donors (Lipinski definition) is 2. The van der Waals surface area contributed by atoms with E-state index < -0.39 is 0 Å². The van der Waals surface area contributed by atoms with Crippen LogP contribution in [-0.4, -0.2) is 21.6 Å². The first-order chi connectivity index (χ1) is 15.2. The number of amides is 1. The summed E-state index contributed by atoms with van der Waals surface area (Å²) < 4.78 is 0. The number of H-pyrrole nitrogens is 1. The Morgan fingerprint density at radius 3 is 2.29 bits per heavy atom. The van der Waals surface area contributed by atoms with Crippen LogP contribution in [0.3, 0.4) is 0 Å². The zero-order chi connectivity index (χ0) is 21.6. The van der Waals surface area contributed by atoms with Gasteiger partial charge in [-0.25, -0.2) is 4.98 Å². The largest absolute Gasteiger partial charge is 0.332 e. The Balaban J connectivity index is 1.54. The van der Waals surface area contributed by atoms with Gasteiger partial charge in [0.2, 0.25) is 5.91 Å². The molecule has 0 aliphatic carbocycles. The molecule has 1 aromatic heterocycles. The second kappa shape index (κ2) is 9.67. The molecule has 4 aromatic rings. The summed E-state index contributed by atoms with van der Waals surface area (Å²) in [5.74, 6) is 0.251.